The van der Waals surface area contributed by atoms with Crippen molar-refractivity contribution in [2.45, 2.75) is 148 Å². The van der Waals surface area contributed by atoms with Crippen molar-refractivity contribution in [3.05, 3.63) is 29.8 Å². The molecule has 0 aromatic heterocycles. The first kappa shape index (κ1) is 40.2. The van der Waals surface area contributed by atoms with Gasteiger partial charge in [0.25, 0.3) is 0 Å². The average molecular weight is 683 g/mol. The lowest BCUT2D eigenvalue weighted by molar-refractivity contribution is -0.151. The lowest BCUT2D eigenvalue weighted by Gasteiger charge is -2.46. The molecule has 0 bridgehead atoms. The number of hydrogen-bond donors (Lipinski definition) is 1. The van der Waals surface area contributed by atoms with Crippen LogP contribution in [0.15, 0.2) is 24.3 Å². The fraction of sp³-hybridized carbons (Fsp3) is 0.718. The largest absolute Gasteiger partial charge is 0.427 e. The van der Waals surface area contributed by atoms with Gasteiger partial charge in [-0.3, -0.25) is 19.2 Å². The van der Waals surface area contributed by atoms with Gasteiger partial charge in [-0.15, -0.1) is 0 Å². The third-order valence-electron chi connectivity index (χ3n) is 10.2. The fourth-order valence-electron chi connectivity index (χ4n) is 7.42. The number of rotatable bonds is 21. The van der Waals surface area contributed by atoms with Crippen molar-refractivity contribution in [2.75, 3.05) is 27.2 Å². The summed E-state index contributed by atoms with van der Waals surface area (Å²) in [4.78, 5) is 72.4. The van der Waals surface area contributed by atoms with Gasteiger partial charge in [0.15, 0.2) is 0 Å². The number of unbranched alkanes of at least 4 members (excludes halogenated alkanes) is 4. The van der Waals surface area contributed by atoms with Crippen molar-refractivity contribution < 1.29 is 28.7 Å². The van der Waals surface area contributed by atoms with Gasteiger partial charge in [0.1, 0.15) is 29.3 Å². The summed E-state index contributed by atoms with van der Waals surface area (Å²) in [7, 11) is 3.93. The van der Waals surface area contributed by atoms with E-state index in [0.717, 1.165) is 63.5 Å². The second kappa shape index (κ2) is 19.8. The number of esters is 1. The van der Waals surface area contributed by atoms with Crippen molar-refractivity contribution in [2.24, 2.45) is 5.92 Å². The molecule has 1 aliphatic carbocycles. The van der Waals surface area contributed by atoms with Crippen LogP contribution < -0.4 is 10.1 Å². The molecular formula is C39H62N4O6. The summed E-state index contributed by atoms with van der Waals surface area (Å²) in [6.07, 6.45) is 11.2. The molecule has 1 spiro atoms. The van der Waals surface area contributed by atoms with Gasteiger partial charge in [-0.2, -0.15) is 0 Å². The Balaban J connectivity index is 1.88. The molecule has 2 fully saturated rings. The van der Waals surface area contributed by atoms with Crippen LogP contribution in [0.2, 0.25) is 0 Å². The Morgan fingerprint density at radius 2 is 1.61 bits per heavy atom. The summed E-state index contributed by atoms with van der Waals surface area (Å²) in [5.41, 5.74) is 0.0298. The molecule has 49 heavy (non-hydrogen) atoms. The standard InChI is InChI=1S/C39H62N4O6/c1-7-9-11-18-34(45)42-33(28-31-20-22-32(23-21-31)49-35(46)19-16-27-41(5)6)38(48)43(39(42)24-13-14-25-39)36(29(3)8-2)37(47)40-26-15-10-12-17-30(4)44/h20-23,29,33,36H,7-19,24-28H2,1-6H3,(H,40,47). The van der Waals surface area contributed by atoms with Crippen molar-refractivity contribution >= 4 is 29.5 Å². The van der Waals surface area contributed by atoms with Gasteiger partial charge in [-0.1, -0.05) is 58.6 Å². The number of carbonyl (C=O) groups excluding carboxylic acids is 5. The lowest BCUT2D eigenvalue weighted by atomic mass is 9.92. The van der Waals surface area contributed by atoms with Crippen LogP contribution in [0.1, 0.15) is 130 Å². The maximum absolute atomic E-state index is 14.8. The minimum atomic E-state index is -0.833. The lowest BCUT2D eigenvalue weighted by Crippen LogP contribution is -2.62. The zero-order valence-electron chi connectivity index (χ0n) is 31.1. The van der Waals surface area contributed by atoms with E-state index in [1.165, 1.54) is 0 Å². The number of hydrogen-bond acceptors (Lipinski definition) is 7. The maximum Gasteiger partial charge on any atom is 0.311 e. The van der Waals surface area contributed by atoms with E-state index >= 15 is 0 Å². The van der Waals surface area contributed by atoms with Gasteiger partial charge in [0.2, 0.25) is 17.7 Å². The first-order valence-electron chi connectivity index (χ1n) is 18.8. The highest BCUT2D eigenvalue weighted by atomic mass is 16.5. The number of carbonyl (C=O) groups is 5. The second-order valence-corrected chi connectivity index (χ2v) is 14.5. The fourth-order valence-corrected chi connectivity index (χ4v) is 7.42. The molecule has 1 N–H and O–H groups in total. The van der Waals surface area contributed by atoms with Crippen LogP contribution in [0.3, 0.4) is 0 Å². The number of Topliss-reactive ketones (excluding diaryl/α,β-unsaturated/α-hetero) is 1. The Labute approximate surface area is 294 Å². The Kier molecular flexibility index (Phi) is 16.2. The molecule has 1 aromatic carbocycles. The molecule has 3 rings (SSSR count). The van der Waals surface area contributed by atoms with Crippen LogP contribution in [0.4, 0.5) is 0 Å². The Morgan fingerprint density at radius 1 is 0.939 bits per heavy atom. The van der Waals surface area contributed by atoms with Crippen molar-refractivity contribution in [3.63, 3.8) is 0 Å². The van der Waals surface area contributed by atoms with Crippen LogP contribution in [-0.2, 0) is 30.4 Å². The Hall–Kier alpha value is -3.27. The van der Waals surface area contributed by atoms with E-state index in [-0.39, 0.29) is 35.4 Å². The van der Waals surface area contributed by atoms with E-state index in [1.54, 1.807) is 19.1 Å². The Bertz CT molecular complexity index is 1240. The van der Waals surface area contributed by atoms with Gasteiger partial charge >= 0.3 is 5.97 Å². The number of nitrogens with zero attached hydrogens (tertiary/aromatic N) is 3. The van der Waals surface area contributed by atoms with Gasteiger partial charge in [-0.05, 0) is 103 Å². The summed E-state index contributed by atoms with van der Waals surface area (Å²) < 4.78 is 5.55. The van der Waals surface area contributed by atoms with E-state index in [1.807, 2.05) is 54.8 Å². The average Bonchev–Trinajstić information content (AvgIpc) is 3.62. The van der Waals surface area contributed by atoms with Crippen molar-refractivity contribution in [1.29, 1.82) is 0 Å². The van der Waals surface area contributed by atoms with Crippen LogP contribution in [0, 0.1) is 5.92 Å². The summed E-state index contributed by atoms with van der Waals surface area (Å²) in [6.45, 7) is 9.05. The third kappa shape index (κ3) is 11.1. The summed E-state index contributed by atoms with van der Waals surface area (Å²) in [5, 5.41) is 3.12. The monoisotopic (exact) mass is 682 g/mol. The maximum atomic E-state index is 14.8. The minimum absolute atomic E-state index is 0.0201. The number of amides is 3. The van der Waals surface area contributed by atoms with E-state index in [9.17, 15) is 24.0 Å². The Morgan fingerprint density at radius 3 is 2.22 bits per heavy atom. The molecule has 1 aliphatic heterocycles. The molecule has 1 saturated heterocycles. The number of ether oxygens (including phenoxy) is 1. The van der Waals surface area contributed by atoms with Gasteiger partial charge < -0.3 is 29.5 Å². The van der Waals surface area contributed by atoms with Gasteiger partial charge in [-0.25, -0.2) is 0 Å². The smallest absolute Gasteiger partial charge is 0.311 e. The highest BCUT2D eigenvalue weighted by Crippen LogP contribution is 2.48. The van der Waals surface area contributed by atoms with Crippen LogP contribution in [0.25, 0.3) is 0 Å². The molecule has 2 aliphatic rings. The van der Waals surface area contributed by atoms with Crippen LogP contribution >= 0.6 is 0 Å². The molecular weight excluding hydrogens is 620 g/mol. The zero-order valence-corrected chi connectivity index (χ0v) is 31.1. The minimum Gasteiger partial charge on any atom is -0.427 e. The van der Waals surface area contributed by atoms with E-state index in [2.05, 4.69) is 12.2 Å². The first-order valence-corrected chi connectivity index (χ1v) is 18.8. The summed E-state index contributed by atoms with van der Waals surface area (Å²) >= 11 is 0. The van der Waals surface area contributed by atoms with Crippen molar-refractivity contribution in [3.8, 4) is 5.75 Å². The van der Waals surface area contributed by atoms with Crippen molar-refractivity contribution in [1.82, 2.24) is 20.0 Å². The molecule has 3 amide bonds. The highest BCUT2D eigenvalue weighted by Gasteiger charge is 2.62. The summed E-state index contributed by atoms with van der Waals surface area (Å²) in [6, 6.07) is 5.81. The molecule has 274 valence electrons. The molecule has 3 atom stereocenters. The normalized spacial score (nSPS) is 18.3. The molecule has 3 unspecified atom stereocenters. The molecule has 1 heterocycles. The van der Waals surface area contributed by atoms with E-state index in [0.29, 0.717) is 63.7 Å². The summed E-state index contributed by atoms with van der Waals surface area (Å²) in [5.74, 6) is -0.124. The predicted molar refractivity (Wildman–Crippen MR) is 192 cm³/mol. The molecule has 1 aromatic rings. The predicted octanol–water partition coefficient (Wildman–Crippen LogP) is 6.05. The van der Waals surface area contributed by atoms with Gasteiger partial charge in [0, 0.05) is 32.2 Å². The second-order valence-electron chi connectivity index (χ2n) is 14.5. The van der Waals surface area contributed by atoms with Crippen LogP contribution in [0.5, 0.6) is 5.75 Å². The zero-order chi connectivity index (χ0) is 36.0. The van der Waals surface area contributed by atoms with Gasteiger partial charge in [0.05, 0.1) is 0 Å². The molecule has 10 heteroatoms. The molecule has 0 radical (unpaired) electrons. The SMILES string of the molecule is CCCCCC(=O)N1C(Cc2ccc(OC(=O)CCCN(C)C)cc2)C(=O)N(C(C(=O)NCCCCCC(C)=O)C(C)CC)C12CCCC2. The first-order chi connectivity index (χ1) is 23.4. The molecule has 1 saturated carbocycles. The number of ketones is 1. The van der Waals surface area contributed by atoms with Crippen LogP contribution in [-0.4, -0.2) is 89.1 Å². The van der Waals surface area contributed by atoms with E-state index < -0.39 is 17.7 Å². The van der Waals surface area contributed by atoms with E-state index in [4.69, 9.17) is 4.74 Å². The topological polar surface area (TPSA) is 116 Å². The third-order valence-corrected chi connectivity index (χ3v) is 10.2. The number of nitrogens with one attached hydrogen (secondary N) is 1. The molecule has 10 nitrogen and oxygen atoms in total. The quantitative estimate of drug-likeness (QED) is 0.0954. The highest BCUT2D eigenvalue weighted by molar-refractivity contribution is 5.96. The number of benzene rings is 1.